The molecule has 0 heterocycles. The van der Waals surface area contributed by atoms with Gasteiger partial charge in [-0.05, 0) is 6.42 Å². The topological polar surface area (TPSA) is 44.0 Å². The summed E-state index contributed by atoms with van der Waals surface area (Å²) >= 11 is 3.09. The molecule has 3 heteroatoms. The number of hydrogen-bond acceptors (Lipinski definition) is 3. The van der Waals surface area contributed by atoms with Crippen LogP contribution in [0.3, 0.4) is 0 Å². The van der Waals surface area contributed by atoms with Gasteiger partial charge < -0.3 is 5.11 Å². The lowest BCUT2D eigenvalue weighted by Crippen LogP contribution is -1.75. The smallest absolute Gasteiger partial charge is 0.130 e. The third kappa shape index (κ3) is 41.2. The van der Waals surface area contributed by atoms with E-state index >= 15 is 0 Å². The van der Waals surface area contributed by atoms with Crippen molar-refractivity contribution in [3.8, 4) is 5.40 Å². The first-order valence-electron chi connectivity index (χ1n) is 2.47. The number of thiocyanates is 1. The zero-order chi connectivity index (χ0) is 6.83. The number of hydrogen-bond donors (Lipinski definition) is 2. The van der Waals surface area contributed by atoms with E-state index < -0.39 is 0 Å². The van der Waals surface area contributed by atoms with Crippen molar-refractivity contribution in [2.75, 3.05) is 6.61 Å². The predicted octanol–water partition coefficient (Wildman–Crippen LogP) is 1.18. The fraction of sp³-hybridized carbons (Fsp3) is 0.800. The van der Waals surface area contributed by atoms with E-state index in [4.69, 9.17) is 10.4 Å². The quantitative estimate of drug-likeness (QED) is 0.439. The first kappa shape index (κ1) is 10.7. The van der Waals surface area contributed by atoms with Crippen LogP contribution >= 0.6 is 12.6 Å². The van der Waals surface area contributed by atoms with Crippen molar-refractivity contribution in [2.45, 2.75) is 19.8 Å². The molecular weight excluding hydrogens is 122 g/mol. The molecule has 0 rings (SSSR count). The van der Waals surface area contributed by atoms with E-state index in [0.717, 1.165) is 12.8 Å². The Labute approximate surface area is 55.5 Å². The highest BCUT2D eigenvalue weighted by Gasteiger charge is 1.69. The number of unbranched alkanes of at least 4 members (excludes halogenated alkanes) is 1. The lowest BCUT2D eigenvalue weighted by Gasteiger charge is -1.79. The second-order valence-electron chi connectivity index (χ2n) is 1.18. The first-order valence-corrected chi connectivity index (χ1v) is 2.92. The fourth-order valence-corrected chi connectivity index (χ4v) is 0.158. The van der Waals surface area contributed by atoms with Crippen molar-refractivity contribution >= 4 is 12.6 Å². The Morgan fingerprint density at radius 2 is 2.12 bits per heavy atom. The summed E-state index contributed by atoms with van der Waals surface area (Å²) in [5.74, 6) is 0. The summed E-state index contributed by atoms with van der Waals surface area (Å²) in [4.78, 5) is 0. The zero-order valence-corrected chi connectivity index (χ0v) is 5.86. The molecule has 0 aromatic carbocycles. The summed E-state index contributed by atoms with van der Waals surface area (Å²) in [6.07, 6.45) is 2.04. The van der Waals surface area contributed by atoms with Crippen LogP contribution in [0.1, 0.15) is 19.8 Å². The van der Waals surface area contributed by atoms with Gasteiger partial charge in [-0.1, -0.05) is 26.0 Å². The van der Waals surface area contributed by atoms with Crippen molar-refractivity contribution in [3.05, 3.63) is 0 Å². The maximum absolute atomic E-state index is 8.07. The maximum Gasteiger partial charge on any atom is 0.130 e. The van der Waals surface area contributed by atoms with Gasteiger partial charge in [0.05, 0.1) is 0 Å². The van der Waals surface area contributed by atoms with Crippen LogP contribution in [-0.4, -0.2) is 11.7 Å². The molecule has 0 amide bonds. The molecule has 0 aromatic heterocycles. The lowest BCUT2D eigenvalue weighted by atomic mass is 10.4. The molecule has 0 radical (unpaired) electrons. The molecule has 0 saturated heterocycles. The second-order valence-corrected chi connectivity index (χ2v) is 1.38. The van der Waals surface area contributed by atoms with Gasteiger partial charge >= 0.3 is 0 Å². The Kier molecular flexibility index (Phi) is 21.2. The van der Waals surface area contributed by atoms with Gasteiger partial charge in [0.25, 0.3) is 0 Å². The SMILES string of the molecule is CCCCO.N#CS. The van der Waals surface area contributed by atoms with Crippen LogP contribution in [0.2, 0.25) is 0 Å². The molecule has 0 fully saturated rings. The monoisotopic (exact) mass is 133 g/mol. The largest absolute Gasteiger partial charge is 0.396 e. The molecule has 0 aliphatic heterocycles. The van der Waals surface area contributed by atoms with Gasteiger partial charge in [0.15, 0.2) is 0 Å². The van der Waals surface area contributed by atoms with Gasteiger partial charge in [0, 0.05) is 6.61 Å². The van der Waals surface area contributed by atoms with Crippen molar-refractivity contribution < 1.29 is 5.11 Å². The standard InChI is InChI=1S/C4H10O.CHNS/c1-2-3-4-5;2-1-3/h5H,2-4H2,1H3;3H. The molecule has 0 aromatic rings. The Balaban J connectivity index is 0. The summed E-state index contributed by atoms with van der Waals surface area (Å²) in [5.41, 5.74) is 0. The summed E-state index contributed by atoms with van der Waals surface area (Å²) in [5, 5.41) is 16.7. The van der Waals surface area contributed by atoms with E-state index in [0.29, 0.717) is 6.61 Å². The Hall–Kier alpha value is -0.200. The van der Waals surface area contributed by atoms with E-state index in [1.54, 1.807) is 0 Å². The third-order valence-electron chi connectivity index (χ3n) is 0.512. The molecule has 0 spiro atoms. The highest BCUT2D eigenvalue weighted by Crippen LogP contribution is 1.78. The van der Waals surface area contributed by atoms with Crippen LogP contribution in [0.15, 0.2) is 0 Å². The molecule has 48 valence electrons. The molecular formula is C5H11NOS. The molecule has 8 heavy (non-hydrogen) atoms. The van der Waals surface area contributed by atoms with Crippen LogP contribution in [-0.2, 0) is 0 Å². The minimum absolute atomic E-state index is 0.344. The summed E-state index contributed by atoms with van der Waals surface area (Å²) < 4.78 is 0. The number of thiol groups is 1. The van der Waals surface area contributed by atoms with Crippen molar-refractivity contribution in [2.24, 2.45) is 0 Å². The normalized spacial score (nSPS) is 6.25. The molecule has 2 nitrogen and oxygen atoms in total. The Bertz CT molecular complexity index is 57.9. The molecule has 0 aliphatic rings. The molecule has 0 saturated carbocycles. The molecule has 0 aliphatic carbocycles. The first-order chi connectivity index (χ1) is 3.83. The van der Waals surface area contributed by atoms with Gasteiger partial charge in [-0.15, -0.1) is 0 Å². The van der Waals surface area contributed by atoms with E-state index in [2.05, 4.69) is 19.6 Å². The number of aliphatic hydroxyl groups excluding tert-OH is 1. The van der Waals surface area contributed by atoms with Gasteiger partial charge in [0.2, 0.25) is 0 Å². The van der Waals surface area contributed by atoms with Gasteiger partial charge in [-0.3, -0.25) is 0 Å². The van der Waals surface area contributed by atoms with Crippen molar-refractivity contribution in [1.82, 2.24) is 0 Å². The van der Waals surface area contributed by atoms with Crippen LogP contribution in [0.4, 0.5) is 0 Å². The zero-order valence-electron chi connectivity index (χ0n) is 4.96. The van der Waals surface area contributed by atoms with Crippen LogP contribution in [0, 0.1) is 10.7 Å². The van der Waals surface area contributed by atoms with Gasteiger partial charge in [-0.25, -0.2) is 0 Å². The number of rotatable bonds is 2. The molecule has 1 N–H and O–H groups in total. The minimum Gasteiger partial charge on any atom is -0.396 e. The highest BCUT2D eigenvalue weighted by atomic mass is 32.1. The summed E-state index contributed by atoms with van der Waals surface area (Å²) in [6.45, 7) is 2.40. The van der Waals surface area contributed by atoms with Crippen molar-refractivity contribution in [3.63, 3.8) is 0 Å². The number of aliphatic hydroxyl groups is 1. The van der Waals surface area contributed by atoms with Gasteiger partial charge in [-0.2, -0.15) is 5.26 Å². The average Bonchev–Trinajstić information content (AvgIpc) is 1.71. The maximum atomic E-state index is 8.07. The number of nitriles is 1. The average molecular weight is 133 g/mol. The molecule has 0 atom stereocenters. The molecule has 0 unspecified atom stereocenters. The van der Waals surface area contributed by atoms with Gasteiger partial charge in [0.1, 0.15) is 5.40 Å². The van der Waals surface area contributed by atoms with Crippen LogP contribution in [0.5, 0.6) is 0 Å². The predicted molar refractivity (Wildman–Crippen MR) is 36.6 cm³/mol. The van der Waals surface area contributed by atoms with Crippen molar-refractivity contribution in [1.29, 1.82) is 5.26 Å². The Morgan fingerprint density at radius 1 is 1.75 bits per heavy atom. The minimum atomic E-state index is 0.344. The summed E-state index contributed by atoms with van der Waals surface area (Å²) in [6, 6.07) is 0. The second kappa shape index (κ2) is 15.8. The fourth-order valence-electron chi connectivity index (χ4n) is 0.158. The lowest BCUT2D eigenvalue weighted by molar-refractivity contribution is 0.287. The van der Waals surface area contributed by atoms with E-state index in [1.165, 1.54) is 5.40 Å². The van der Waals surface area contributed by atoms with E-state index in [9.17, 15) is 0 Å². The van der Waals surface area contributed by atoms with Crippen LogP contribution < -0.4 is 0 Å². The van der Waals surface area contributed by atoms with E-state index in [-0.39, 0.29) is 0 Å². The molecule has 0 bridgehead atoms. The third-order valence-corrected chi connectivity index (χ3v) is 0.512. The number of nitrogens with zero attached hydrogens (tertiary/aromatic N) is 1. The highest BCUT2D eigenvalue weighted by molar-refractivity contribution is 7.85. The summed E-state index contributed by atoms with van der Waals surface area (Å²) in [7, 11) is 0. The Morgan fingerprint density at radius 3 is 2.12 bits per heavy atom. The van der Waals surface area contributed by atoms with Crippen LogP contribution in [0.25, 0.3) is 0 Å². The van der Waals surface area contributed by atoms with E-state index in [1.807, 2.05) is 0 Å².